The van der Waals surface area contributed by atoms with E-state index in [1.807, 2.05) is 27.7 Å². The Balaban J connectivity index is 2.40. The van der Waals surface area contributed by atoms with Gasteiger partial charge in [0, 0.05) is 5.92 Å². The molecule has 4 unspecified atom stereocenters. The quantitative estimate of drug-likeness (QED) is 0.241. The summed E-state index contributed by atoms with van der Waals surface area (Å²) < 4.78 is 16.9. The Bertz CT molecular complexity index is 1030. The van der Waals surface area contributed by atoms with Crippen LogP contribution < -0.4 is 15.2 Å². The largest absolute Gasteiger partial charge is 0.480 e. The van der Waals surface area contributed by atoms with E-state index < -0.39 is 47.6 Å². The monoisotopic (exact) mass is 561 g/mol. The zero-order valence-electron chi connectivity index (χ0n) is 25.0. The van der Waals surface area contributed by atoms with Crippen LogP contribution in [0.1, 0.15) is 92.1 Å². The topological polar surface area (TPSA) is 142 Å². The molecule has 0 saturated heterocycles. The molecule has 9 nitrogen and oxygen atoms in total. The summed E-state index contributed by atoms with van der Waals surface area (Å²) >= 11 is 0. The number of carbonyl (C=O) groups excluding carboxylic acids is 3. The molecule has 0 aliphatic heterocycles. The van der Waals surface area contributed by atoms with Crippen LogP contribution in [-0.4, -0.2) is 41.6 Å². The third kappa shape index (κ3) is 9.04. The molecule has 224 valence electrons. The summed E-state index contributed by atoms with van der Waals surface area (Å²) in [5, 5.41) is 9.79. The number of hydrogen-bond donors (Lipinski definition) is 2. The number of aliphatic carboxylic acids is 1. The molecule has 5 atom stereocenters. The van der Waals surface area contributed by atoms with E-state index in [1.165, 1.54) is 12.1 Å². The van der Waals surface area contributed by atoms with E-state index in [0.29, 0.717) is 5.56 Å². The van der Waals surface area contributed by atoms with Gasteiger partial charge in [0.25, 0.3) is 0 Å². The first kappa shape index (κ1) is 33.3. The summed E-state index contributed by atoms with van der Waals surface area (Å²) in [4.78, 5) is 50.2. The number of hydrogen-bond acceptors (Lipinski definition) is 8. The molecule has 1 aromatic rings. The van der Waals surface area contributed by atoms with Gasteiger partial charge in [0.1, 0.15) is 6.04 Å². The molecule has 1 aliphatic carbocycles. The average Bonchev–Trinajstić information content (AvgIpc) is 2.92. The van der Waals surface area contributed by atoms with Gasteiger partial charge in [-0.25, -0.2) is 0 Å². The molecule has 40 heavy (non-hydrogen) atoms. The van der Waals surface area contributed by atoms with Crippen LogP contribution in [-0.2, 0) is 23.9 Å². The van der Waals surface area contributed by atoms with Crippen molar-refractivity contribution >= 4 is 23.9 Å². The number of ether oxygens (including phenoxy) is 3. The first-order valence-corrected chi connectivity index (χ1v) is 14.5. The molecule has 0 radical (unpaired) electrons. The summed E-state index contributed by atoms with van der Waals surface area (Å²) in [6, 6.07) is 3.28. The maximum atomic E-state index is 12.9. The van der Waals surface area contributed by atoms with Gasteiger partial charge in [0.2, 0.25) is 0 Å². The highest BCUT2D eigenvalue weighted by molar-refractivity contribution is 5.79. The highest BCUT2D eigenvalue weighted by atomic mass is 16.6. The lowest BCUT2D eigenvalue weighted by Gasteiger charge is -2.29. The van der Waals surface area contributed by atoms with Crippen molar-refractivity contribution in [2.24, 2.45) is 41.2 Å². The van der Waals surface area contributed by atoms with Crippen LogP contribution in [0.3, 0.4) is 0 Å². The predicted octanol–water partition coefficient (Wildman–Crippen LogP) is 5.34. The molecule has 0 heterocycles. The second-order valence-electron chi connectivity index (χ2n) is 11.9. The fraction of sp³-hybridized carbons (Fsp3) is 0.677. The van der Waals surface area contributed by atoms with Crippen molar-refractivity contribution < 1.29 is 38.5 Å². The molecule has 9 heteroatoms. The summed E-state index contributed by atoms with van der Waals surface area (Å²) in [7, 11) is 0. The van der Waals surface area contributed by atoms with Gasteiger partial charge in [-0.1, -0.05) is 73.8 Å². The van der Waals surface area contributed by atoms with Crippen LogP contribution in [0.4, 0.5) is 0 Å². The Labute approximate surface area is 238 Å². The highest BCUT2D eigenvalue weighted by Gasteiger charge is 2.34. The highest BCUT2D eigenvalue weighted by Crippen LogP contribution is 2.37. The molecule has 0 bridgehead atoms. The number of carboxylic acids is 1. The fourth-order valence-corrected chi connectivity index (χ4v) is 4.66. The summed E-state index contributed by atoms with van der Waals surface area (Å²) in [5.74, 6) is -4.57. The van der Waals surface area contributed by atoms with Gasteiger partial charge in [-0.3, -0.25) is 19.2 Å². The SMILES string of the molecule is CC(C)C(C)C(=O)Oc1ccc(C(C(C)COC(=O)C2CCCCC2)[C@H](N)C(=O)O)cc1OC(=O)C(C)C(C)C. The molecule has 0 spiro atoms. The Morgan fingerprint density at radius 2 is 1.38 bits per heavy atom. The number of benzene rings is 1. The zero-order valence-corrected chi connectivity index (χ0v) is 25.0. The van der Waals surface area contributed by atoms with Crippen molar-refractivity contribution in [2.45, 2.75) is 92.5 Å². The van der Waals surface area contributed by atoms with Crippen molar-refractivity contribution in [1.82, 2.24) is 0 Å². The van der Waals surface area contributed by atoms with E-state index in [0.717, 1.165) is 32.1 Å². The van der Waals surface area contributed by atoms with Gasteiger partial charge in [-0.05, 0) is 48.3 Å². The summed E-state index contributed by atoms with van der Waals surface area (Å²) in [6.07, 6.45) is 4.69. The lowest BCUT2D eigenvalue weighted by atomic mass is 9.82. The van der Waals surface area contributed by atoms with Crippen LogP contribution in [0.25, 0.3) is 0 Å². The lowest BCUT2D eigenvalue weighted by Crippen LogP contribution is -2.41. The van der Waals surface area contributed by atoms with Crippen molar-refractivity contribution in [3.63, 3.8) is 0 Å². The molecule has 1 fully saturated rings. The third-order valence-electron chi connectivity index (χ3n) is 8.23. The van der Waals surface area contributed by atoms with Crippen LogP contribution in [0.5, 0.6) is 11.5 Å². The van der Waals surface area contributed by atoms with E-state index in [2.05, 4.69) is 0 Å². The number of carboxylic acid groups (broad SMARTS) is 1. The van der Waals surface area contributed by atoms with Crippen molar-refractivity contribution in [3.05, 3.63) is 23.8 Å². The first-order valence-electron chi connectivity index (χ1n) is 14.5. The standard InChI is InChI=1S/C31H47NO8/c1-17(2)20(6)29(35)39-24-14-13-23(15-25(24)40-30(36)21(7)18(3)4)26(27(32)28(33)34)19(5)16-38-31(37)22-11-9-8-10-12-22/h13-15,17-22,26-27H,8-12,16,32H2,1-7H3,(H,33,34)/t19?,20?,21?,26?,27-/m0/s1. The second-order valence-corrected chi connectivity index (χ2v) is 11.9. The average molecular weight is 562 g/mol. The minimum atomic E-state index is -1.32. The van der Waals surface area contributed by atoms with Gasteiger partial charge in [0.05, 0.1) is 24.4 Å². The smallest absolute Gasteiger partial charge is 0.321 e. The molecule has 1 aromatic carbocycles. The molecule has 0 aromatic heterocycles. The molecular formula is C31H47NO8. The third-order valence-corrected chi connectivity index (χ3v) is 8.23. The van der Waals surface area contributed by atoms with E-state index in [9.17, 15) is 24.3 Å². The normalized spacial score (nSPS) is 17.9. The Kier molecular flexibility index (Phi) is 12.6. The van der Waals surface area contributed by atoms with E-state index in [-0.39, 0.29) is 41.8 Å². The number of carbonyl (C=O) groups is 4. The lowest BCUT2D eigenvalue weighted by molar-refractivity contribution is -0.151. The van der Waals surface area contributed by atoms with Gasteiger partial charge >= 0.3 is 23.9 Å². The molecule has 1 aliphatic rings. The molecule has 2 rings (SSSR count). The fourth-order valence-electron chi connectivity index (χ4n) is 4.66. The molecule has 1 saturated carbocycles. The minimum Gasteiger partial charge on any atom is -0.480 e. The van der Waals surface area contributed by atoms with Gasteiger partial charge in [0.15, 0.2) is 11.5 Å². The van der Waals surface area contributed by atoms with Gasteiger partial charge in [-0.15, -0.1) is 0 Å². The summed E-state index contributed by atoms with van der Waals surface area (Å²) in [5.41, 5.74) is 6.61. The van der Waals surface area contributed by atoms with Crippen molar-refractivity contribution in [2.75, 3.05) is 6.61 Å². The van der Waals surface area contributed by atoms with Crippen LogP contribution in [0, 0.1) is 35.5 Å². The zero-order chi connectivity index (χ0) is 30.1. The molecule has 3 N–H and O–H groups in total. The number of esters is 3. The van der Waals surface area contributed by atoms with E-state index >= 15 is 0 Å². The van der Waals surface area contributed by atoms with Crippen LogP contribution >= 0.6 is 0 Å². The summed E-state index contributed by atoms with van der Waals surface area (Å²) in [6.45, 7) is 12.9. The van der Waals surface area contributed by atoms with Gasteiger partial charge < -0.3 is 25.1 Å². The molecular weight excluding hydrogens is 514 g/mol. The van der Waals surface area contributed by atoms with Gasteiger partial charge in [-0.2, -0.15) is 0 Å². The van der Waals surface area contributed by atoms with Crippen molar-refractivity contribution in [3.8, 4) is 11.5 Å². The number of nitrogens with two attached hydrogens (primary N) is 1. The minimum absolute atomic E-state index is 0.00768. The van der Waals surface area contributed by atoms with Crippen molar-refractivity contribution in [1.29, 1.82) is 0 Å². The maximum Gasteiger partial charge on any atom is 0.321 e. The first-order chi connectivity index (χ1) is 18.7. The Morgan fingerprint density at radius 1 is 0.850 bits per heavy atom. The number of rotatable bonds is 13. The predicted molar refractivity (Wildman–Crippen MR) is 151 cm³/mol. The Morgan fingerprint density at radius 3 is 1.88 bits per heavy atom. The van der Waals surface area contributed by atoms with E-state index in [4.69, 9.17) is 19.9 Å². The van der Waals surface area contributed by atoms with Crippen LogP contribution in [0.2, 0.25) is 0 Å². The van der Waals surface area contributed by atoms with Crippen LogP contribution in [0.15, 0.2) is 18.2 Å². The Hall–Kier alpha value is -2.94. The second kappa shape index (κ2) is 15.2. The molecule has 0 amide bonds. The maximum absolute atomic E-state index is 12.9. The van der Waals surface area contributed by atoms with E-state index in [1.54, 1.807) is 26.8 Å².